The Morgan fingerprint density at radius 2 is 1.85 bits per heavy atom. The molecule has 0 radical (unpaired) electrons. The third-order valence-electron chi connectivity index (χ3n) is 5.78. The average molecular weight is 373 g/mol. The number of nitrogens with two attached hydrogens (primary N) is 1. The van der Waals surface area contributed by atoms with Crippen molar-refractivity contribution in [2.45, 2.75) is 32.4 Å². The van der Waals surface area contributed by atoms with Gasteiger partial charge in [0.25, 0.3) is 0 Å². The summed E-state index contributed by atoms with van der Waals surface area (Å²) in [4.78, 5) is 31.5. The van der Waals surface area contributed by atoms with E-state index in [9.17, 15) is 9.59 Å². The predicted molar refractivity (Wildman–Crippen MR) is 106 cm³/mol. The number of carbonyl (C=O) groups excluding carboxylic acids is 2. The van der Waals surface area contributed by atoms with Crippen LogP contribution in [-0.4, -0.2) is 72.3 Å². The number of fused-ring (bicyclic) bond motifs is 1. The minimum atomic E-state index is -0.864. The van der Waals surface area contributed by atoms with E-state index in [0.29, 0.717) is 32.1 Å². The molecule has 2 N–H and O–H groups in total. The fourth-order valence-electron chi connectivity index (χ4n) is 4.55. The summed E-state index contributed by atoms with van der Waals surface area (Å²) in [5.41, 5.74) is 7.57. The van der Waals surface area contributed by atoms with Gasteiger partial charge in [0.1, 0.15) is 0 Å². The van der Waals surface area contributed by atoms with Gasteiger partial charge in [0, 0.05) is 31.5 Å². The molecule has 0 aromatic heterocycles. The van der Waals surface area contributed by atoms with Gasteiger partial charge in [0.15, 0.2) is 0 Å². The molecule has 148 valence electrons. The average Bonchev–Trinajstić information content (AvgIpc) is 3.11. The highest BCUT2D eigenvalue weighted by atomic mass is 16.2. The smallest absolute Gasteiger partial charge is 0.242 e. The number of likely N-dealkylation sites (tertiary alicyclic amines) is 2. The van der Waals surface area contributed by atoms with Gasteiger partial charge in [0.05, 0.1) is 18.1 Å². The molecule has 27 heavy (non-hydrogen) atoms. The van der Waals surface area contributed by atoms with Crippen molar-refractivity contribution in [2.24, 2.45) is 17.6 Å². The monoisotopic (exact) mass is 372 g/mol. The Bertz CT molecular complexity index is 725. The number of benzene rings is 1. The van der Waals surface area contributed by atoms with Gasteiger partial charge >= 0.3 is 0 Å². The van der Waals surface area contributed by atoms with Gasteiger partial charge in [-0.3, -0.25) is 9.59 Å². The van der Waals surface area contributed by atoms with Gasteiger partial charge in [0.2, 0.25) is 11.8 Å². The van der Waals surface area contributed by atoms with E-state index >= 15 is 0 Å². The quantitative estimate of drug-likeness (QED) is 0.864. The molecule has 0 aliphatic carbocycles. The van der Waals surface area contributed by atoms with E-state index in [1.165, 1.54) is 11.1 Å². The first-order chi connectivity index (χ1) is 12.6. The summed E-state index contributed by atoms with van der Waals surface area (Å²) in [5, 5.41) is 0. The Kier molecular flexibility index (Phi) is 5.32. The van der Waals surface area contributed by atoms with Crippen molar-refractivity contribution in [1.29, 1.82) is 0 Å². The van der Waals surface area contributed by atoms with Crippen LogP contribution in [0.5, 0.6) is 0 Å². The molecule has 6 heteroatoms. The van der Waals surface area contributed by atoms with Crippen LogP contribution in [0, 0.1) is 18.8 Å². The fourth-order valence-corrected chi connectivity index (χ4v) is 4.55. The molecule has 1 aromatic rings. The van der Waals surface area contributed by atoms with Gasteiger partial charge in [-0.25, -0.2) is 0 Å². The van der Waals surface area contributed by atoms with Gasteiger partial charge in [-0.15, -0.1) is 0 Å². The summed E-state index contributed by atoms with van der Waals surface area (Å²) < 4.78 is 0. The minimum Gasteiger partial charge on any atom is -0.340 e. The Balaban J connectivity index is 1.90. The van der Waals surface area contributed by atoms with Crippen molar-refractivity contribution < 1.29 is 9.59 Å². The highest BCUT2D eigenvalue weighted by Gasteiger charge is 2.51. The van der Waals surface area contributed by atoms with Crippen molar-refractivity contribution in [2.75, 3.05) is 40.3 Å². The number of amides is 2. The lowest BCUT2D eigenvalue weighted by atomic mass is 9.87. The fraction of sp³-hybridized carbons (Fsp3) is 0.619. The normalized spacial score (nSPS) is 25.2. The Labute approximate surface area is 162 Å². The van der Waals surface area contributed by atoms with E-state index in [4.69, 9.17) is 5.73 Å². The Morgan fingerprint density at radius 1 is 1.19 bits per heavy atom. The van der Waals surface area contributed by atoms with Crippen LogP contribution in [-0.2, 0) is 9.59 Å². The summed E-state index contributed by atoms with van der Waals surface area (Å²) in [5.74, 6) is 0.696. The number of hydrogen-bond acceptors (Lipinski definition) is 4. The Hall–Kier alpha value is -1.92. The van der Waals surface area contributed by atoms with Gasteiger partial charge in [-0.2, -0.15) is 0 Å². The highest BCUT2D eigenvalue weighted by Crippen LogP contribution is 2.46. The molecule has 3 rings (SSSR count). The zero-order chi connectivity index (χ0) is 19.9. The summed E-state index contributed by atoms with van der Waals surface area (Å²) >= 11 is 0. The molecule has 0 spiro atoms. The number of rotatable bonds is 4. The molecule has 2 aliphatic heterocycles. The van der Waals surface area contributed by atoms with E-state index < -0.39 is 5.54 Å². The van der Waals surface area contributed by atoms with E-state index in [2.05, 4.69) is 19.1 Å². The van der Waals surface area contributed by atoms with Gasteiger partial charge < -0.3 is 20.4 Å². The van der Waals surface area contributed by atoms with Crippen molar-refractivity contribution in [3.63, 3.8) is 0 Å². The second kappa shape index (κ2) is 7.24. The molecule has 2 aliphatic rings. The van der Waals surface area contributed by atoms with Crippen molar-refractivity contribution in [3.05, 3.63) is 35.4 Å². The van der Waals surface area contributed by atoms with E-state index in [1.807, 2.05) is 40.9 Å². The van der Waals surface area contributed by atoms with Crippen LogP contribution in [0.25, 0.3) is 0 Å². The van der Waals surface area contributed by atoms with Crippen molar-refractivity contribution in [3.8, 4) is 0 Å². The third kappa shape index (κ3) is 3.87. The largest absolute Gasteiger partial charge is 0.340 e. The van der Waals surface area contributed by atoms with Gasteiger partial charge in [-0.05, 0) is 46.0 Å². The van der Waals surface area contributed by atoms with E-state index in [1.54, 1.807) is 13.8 Å². The number of nitrogens with zero attached hydrogens (tertiary/aromatic N) is 3. The van der Waals surface area contributed by atoms with Crippen LogP contribution < -0.4 is 5.73 Å². The zero-order valence-corrected chi connectivity index (χ0v) is 17.1. The standard InChI is InChI=1S/C21H32N4O2/c1-14-8-6-7-9-16(14)19-17-12-24(20(27)21(2,3)22)10-15(17)11-25(19)18(26)13-23(4)5/h6-9,15,17,19H,10-13,22H2,1-5H3/t15-,17-,19+/m1/s1. The first-order valence-electron chi connectivity index (χ1n) is 9.67. The second-order valence-electron chi connectivity index (χ2n) is 8.94. The van der Waals surface area contributed by atoms with Crippen LogP contribution in [0.3, 0.4) is 0 Å². The molecular weight excluding hydrogens is 340 g/mol. The maximum Gasteiger partial charge on any atom is 0.242 e. The molecule has 0 bridgehead atoms. The molecule has 2 fully saturated rings. The lowest BCUT2D eigenvalue weighted by Crippen LogP contribution is -2.51. The number of hydrogen-bond donors (Lipinski definition) is 1. The zero-order valence-electron chi connectivity index (χ0n) is 17.1. The number of likely N-dealkylation sites (N-methyl/N-ethyl adjacent to an activating group) is 1. The molecule has 2 saturated heterocycles. The highest BCUT2D eigenvalue weighted by molar-refractivity contribution is 5.85. The van der Waals surface area contributed by atoms with Gasteiger partial charge in [-0.1, -0.05) is 24.3 Å². The molecule has 2 amide bonds. The van der Waals surface area contributed by atoms with Crippen molar-refractivity contribution >= 4 is 11.8 Å². The molecule has 0 saturated carbocycles. The molecule has 6 nitrogen and oxygen atoms in total. The maximum atomic E-state index is 12.9. The summed E-state index contributed by atoms with van der Waals surface area (Å²) in [6, 6.07) is 8.29. The lowest BCUT2D eigenvalue weighted by Gasteiger charge is -2.33. The third-order valence-corrected chi connectivity index (χ3v) is 5.78. The summed E-state index contributed by atoms with van der Waals surface area (Å²) in [6.07, 6.45) is 0. The maximum absolute atomic E-state index is 12.9. The Morgan fingerprint density at radius 3 is 2.44 bits per heavy atom. The molecular formula is C21H32N4O2. The first kappa shape index (κ1) is 19.8. The number of aryl methyl sites for hydroxylation is 1. The van der Waals surface area contributed by atoms with Crippen LogP contribution >= 0.6 is 0 Å². The molecule has 1 aromatic carbocycles. The molecule has 0 unspecified atom stereocenters. The van der Waals surface area contributed by atoms with Crippen LogP contribution in [0.2, 0.25) is 0 Å². The predicted octanol–water partition coefficient (Wildman–Crippen LogP) is 1.25. The summed E-state index contributed by atoms with van der Waals surface area (Å²) in [7, 11) is 3.84. The van der Waals surface area contributed by atoms with Crippen LogP contribution in [0.4, 0.5) is 0 Å². The van der Waals surface area contributed by atoms with E-state index in [-0.39, 0.29) is 23.8 Å². The van der Waals surface area contributed by atoms with Crippen LogP contribution in [0.15, 0.2) is 24.3 Å². The second-order valence-corrected chi connectivity index (χ2v) is 8.94. The minimum absolute atomic E-state index is 0.00778. The molecule has 3 atom stereocenters. The SMILES string of the molecule is Cc1ccccc1[C@H]1[C@@H]2CN(C(=O)C(C)(C)N)C[C@@H]2CN1C(=O)CN(C)C. The van der Waals surface area contributed by atoms with Crippen molar-refractivity contribution in [1.82, 2.24) is 14.7 Å². The van der Waals surface area contributed by atoms with Crippen LogP contribution in [0.1, 0.15) is 31.0 Å². The summed E-state index contributed by atoms with van der Waals surface area (Å²) in [6.45, 7) is 8.06. The number of carbonyl (C=O) groups is 2. The van der Waals surface area contributed by atoms with E-state index in [0.717, 1.165) is 0 Å². The topological polar surface area (TPSA) is 69.9 Å². The molecule has 2 heterocycles. The lowest BCUT2D eigenvalue weighted by molar-refractivity contribution is -0.136. The first-order valence-corrected chi connectivity index (χ1v) is 9.67.